The molecule has 1 aliphatic heterocycles. The van der Waals surface area contributed by atoms with Crippen LogP contribution < -0.4 is 5.32 Å². The van der Waals surface area contributed by atoms with E-state index in [0.717, 1.165) is 16.4 Å². The van der Waals surface area contributed by atoms with Crippen LogP contribution in [0.15, 0.2) is 35.4 Å². The first-order valence-electron chi connectivity index (χ1n) is 8.67. The maximum absolute atomic E-state index is 13.8. The largest absolute Gasteiger partial charge is 0.464 e. The maximum Gasteiger partial charge on any atom is 0.354 e. The Morgan fingerprint density at radius 1 is 1.24 bits per heavy atom. The van der Waals surface area contributed by atoms with E-state index in [-0.39, 0.29) is 29.2 Å². The second-order valence-corrected chi connectivity index (χ2v) is 8.44. The Bertz CT molecular complexity index is 1070. The molecule has 156 valence electrons. The van der Waals surface area contributed by atoms with Gasteiger partial charge in [0.2, 0.25) is 15.9 Å². The predicted molar refractivity (Wildman–Crippen MR) is 98.7 cm³/mol. The number of esters is 1. The fourth-order valence-electron chi connectivity index (χ4n) is 3.21. The van der Waals surface area contributed by atoms with E-state index in [4.69, 9.17) is 0 Å². The molecule has 1 aromatic heterocycles. The lowest BCUT2D eigenvalue weighted by molar-refractivity contribution is -0.119. The average Bonchev–Trinajstić information content (AvgIpc) is 3.31. The number of amides is 1. The van der Waals surface area contributed by atoms with Crippen molar-refractivity contribution in [3.63, 3.8) is 0 Å². The van der Waals surface area contributed by atoms with Crippen LogP contribution in [-0.2, 0) is 26.6 Å². The van der Waals surface area contributed by atoms with Crippen molar-refractivity contribution in [2.24, 2.45) is 7.05 Å². The molecule has 1 fully saturated rings. The molecule has 29 heavy (non-hydrogen) atoms. The molecule has 0 saturated carbocycles. The van der Waals surface area contributed by atoms with E-state index in [1.807, 2.05) is 0 Å². The number of sulfonamides is 1. The number of carbonyl (C=O) groups is 2. The Kier molecular flexibility index (Phi) is 5.71. The fraction of sp³-hybridized carbons (Fsp3) is 0.333. The van der Waals surface area contributed by atoms with Gasteiger partial charge in [0, 0.05) is 25.9 Å². The zero-order chi connectivity index (χ0) is 21.3. The smallest absolute Gasteiger partial charge is 0.354 e. The molecule has 8 nitrogen and oxygen atoms in total. The summed E-state index contributed by atoms with van der Waals surface area (Å²) in [5.41, 5.74) is -0.201. The summed E-state index contributed by atoms with van der Waals surface area (Å²) in [6.07, 6.45) is 1.93. The summed E-state index contributed by atoms with van der Waals surface area (Å²) in [7, 11) is -1.42. The van der Waals surface area contributed by atoms with Crippen molar-refractivity contribution in [2.75, 3.05) is 19.0 Å². The molecule has 0 bridgehead atoms. The Hall–Kier alpha value is -2.79. The average molecular weight is 427 g/mol. The predicted octanol–water partition coefficient (Wildman–Crippen LogP) is 1.88. The molecule has 1 amide bonds. The molecule has 0 aliphatic carbocycles. The van der Waals surface area contributed by atoms with Gasteiger partial charge in [-0.05, 0) is 31.0 Å². The topological polar surface area (TPSA) is 97.7 Å². The van der Waals surface area contributed by atoms with Crippen molar-refractivity contribution >= 4 is 27.6 Å². The van der Waals surface area contributed by atoms with Gasteiger partial charge in [0.25, 0.3) is 0 Å². The third kappa shape index (κ3) is 4.01. The standard InChI is InChI=1S/C18H19F2N3O5S/c1-22-10-12(9-16(22)18(25)28-2)29(26,27)23-7-3-4-15(23)17(24)21-14-6-5-11(19)8-13(14)20/h5-6,8-10,15H,3-4,7H2,1-2H3,(H,21,24)/t15-/m0/s1. The van der Waals surface area contributed by atoms with E-state index in [0.29, 0.717) is 12.5 Å². The number of hydrogen-bond donors (Lipinski definition) is 1. The van der Waals surface area contributed by atoms with Gasteiger partial charge < -0.3 is 14.6 Å². The van der Waals surface area contributed by atoms with E-state index in [1.165, 1.54) is 31.0 Å². The van der Waals surface area contributed by atoms with Gasteiger partial charge >= 0.3 is 5.97 Å². The van der Waals surface area contributed by atoms with E-state index in [9.17, 15) is 26.8 Å². The van der Waals surface area contributed by atoms with Crippen molar-refractivity contribution in [1.29, 1.82) is 0 Å². The van der Waals surface area contributed by atoms with Crippen LogP contribution in [0.25, 0.3) is 0 Å². The third-order valence-corrected chi connectivity index (χ3v) is 6.55. The third-order valence-electron chi connectivity index (χ3n) is 4.68. The molecule has 1 atom stereocenters. The number of halogens is 2. The molecule has 0 unspecified atom stereocenters. The van der Waals surface area contributed by atoms with Gasteiger partial charge in [0.15, 0.2) is 0 Å². The van der Waals surface area contributed by atoms with Crippen LogP contribution in [0.3, 0.4) is 0 Å². The normalized spacial score (nSPS) is 17.3. The number of ether oxygens (including phenoxy) is 1. The number of hydrogen-bond acceptors (Lipinski definition) is 5. The molecule has 2 heterocycles. The zero-order valence-corrected chi connectivity index (χ0v) is 16.5. The van der Waals surface area contributed by atoms with Crippen LogP contribution in [0, 0.1) is 11.6 Å². The highest BCUT2D eigenvalue weighted by Crippen LogP contribution is 2.28. The summed E-state index contributed by atoms with van der Waals surface area (Å²) in [5.74, 6) is -3.18. The maximum atomic E-state index is 13.8. The lowest BCUT2D eigenvalue weighted by atomic mass is 10.2. The molecule has 0 radical (unpaired) electrons. The molecule has 0 spiro atoms. The number of carbonyl (C=O) groups excluding carboxylic acids is 2. The Labute approximate surface area is 166 Å². The first-order valence-corrected chi connectivity index (χ1v) is 10.1. The molecular formula is C18H19F2N3O5S. The van der Waals surface area contributed by atoms with Crippen molar-refractivity contribution in [1.82, 2.24) is 8.87 Å². The van der Waals surface area contributed by atoms with Gasteiger partial charge in [-0.25, -0.2) is 22.0 Å². The number of methoxy groups -OCH3 is 1. The Balaban J connectivity index is 1.85. The molecule has 1 saturated heterocycles. The van der Waals surface area contributed by atoms with Crippen molar-refractivity contribution < 1.29 is 31.5 Å². The summed E-state index contributed by atoms with van der Waals surface area (Å²) in [5, 5.41) is 2.31. The molecular weight excluding hydrogens is 408 g/mol. The van der Waals surface area contributed by atoms with Gasteiger partial charge in [-0.3, -0.25) is 4.79 Å². The number of aromatic nitrogens is 1. The quantitative estimate of drug-likeness (QED) is 0.735. The lowest BCUT2D eigenvalue weighted by Crippen LogP contribution is -2.43. The first-order chi connectivity index (χ1) is 13.6. The number of nitrogens with zero attached hydrogens (tertiary/aromatic N) is 2. The summed E-state index contributed by atoms with van der Waals surface area (Å²) >= 11 is 0. The monoisotopic (exact) mass is 427 g/mol. The van der Waals surface area contributed by atoms with E-state index in [1.54, 1.807) is 0 Å². The summed E-state index contributed by atoms with van der Waals surface area (Å²) in [4.78, 5) is 24.2. The van der Waals surface area contributed by atoms with Crippen molar-refractivity contribution in [3.05, 3.63) is 47.8 Å². The molecule has 2 aromatic rings. The summed E-state index contributed by atoms with van der Waals surface area (Å²) in [6, 6.07) is 2.79. The molecule has 11 heteroatoms. The number of rotatable bonds is 5. The van der Waals surface area contributed by atoms with E-state index < -0.39 is 39.6 Å². The van der Waals surface area contributed by atoms with Crippen LogP contribution in [0.2, 0.25) is 0 Å². The zero-order valence-electron chi connectivity index (χ0n) is 15.7. The number of nitrogens with one attached hydrogen (secondary N) is 1. The van der Waals surface area contributed by atoms with Crippen LogP contribution >= 0.6 is 0 Å². The highest BCUT2D eigenvalue weighted by Gasteiger charge is 2.40. The summed E-state index contributed by atoms with van der Waals surface area (Å²) in [6.45, 7) is 0.0920. The highest BCUT2D eigenvalue weighted by molar-refractivity contribution is 7.89. The SMILES string of the molecule is COC(=O)c1cc(S(=O)(=O)N2CCC[C@H]2C(=O)Nc2ccc(F)cc2F)cn1C. The lowest BCUT2D eigenvalue weighted by Gasteiger charge is -2.23. The van der Waals surface area contributed by atoms with Gasteiger partial charge in [0.1, 0.15) is 28.3 Å². The van der Waals surface area contributed by atoms with Gasteiger partial charge in [-0.15, -0.1) is 0 Å². The van der Waals surface area contributed by atoms with Crippen LogP contribution in [0.4, 0.5) is 14.5 Å². The second kappa shape index (κ2) is 7.91. The minimum atomic E-state index is -4.10. The van der Waals surface area contributed by atoms with Gasteiger partial charge in [-0.2, -0.15) is 4.31 Å². The van der Waals surface area contributed by atoms with E-state index in [2.05, 4.69) is 10.1 Å². The Morgan fingerprint density at radius 2 is 1.97 bits per heavy atom. The van der Waals surface area contributed by atoms with Crippen molar-refractivity contribution in [3.8, 4) is 0 Å². The molecule has 1 aliphatic rings. The van der Waals surface area contributed by atoms with Crippen LogP contribution in [0.1, 0.15) is 23.3 Å². The fourth-order valence-corrected chi connectivity index (χ4v) is 4.94. The first kappa shape index (κ1) is 20.9. The van der Waals surface area contributed by atoms with E-state index >= 15 is 0 Å². The van der Waals surface area contributed by atoms with Crippen LogP contribution in [0.5, 0.6) is 0 Å². The number of aryl methyl sites for hydroxylation is 1. The minimum Gasteiger partial charge on any atom is -0.464 e. The number of benzene rings is 1. The van der Waals surface area contributed by atoms with Gasteiger partial charge in [-0.1, -0.05) is 0 Å². The number of anilines is 1. The Morgan fingerprint density at radius 3 is 2.62 bits per heavy atom. The minimum absolute atomic E-state index is 0.0413. The molecule has 3 rings (SSSR count). The molecule has 1 aromatic carbocycles. The van der Waals surface area contributed by atoms with Gasteiger partial charge in [0.05, 0.1) is 12.8 Å². The highest BCUT2D eigenvalue weighted by atomic mass is 32.2. The molecule has 1 N–H and O–H groups in total. The second-order valence-electron chi connectivity index (χ2n) is 6.55. The summed E-state index contributed by atoms with van der Waals surface area (Å²) < 4.78 is 59.9. The van der Waals surface area contributed by atoms with Crippen molar-refractivity contribution in [2.45, 2.75) is 23.8 Å². The van der Waals surface area contributed by atoms with Crippen LogP contribution in [-0.4, -0.2) is 48.9 Å².